The molecular weight excluding hydrogens is 364 g/mol. The number of rotatable bonds is 5. The molecule has 0 spiro atoms. The van der Waals surface area contributed by atoms with Crippen LogP contribution in [0.3, 0.4) is 0 Å². The third-order valence-corrected chi connectivity index (χ3v) is 5.82. The number of amides is 2. The van der Waals surface area contributed by atoms with E-state index in [-0.39, 0.29) is 49.1 Å². The summed E-state index contributed by atoms with van der Waals surface area (Å²) >= 11 is 0. The first-order valence-corrected chi connectivity index (χ1v) is 10.6. The molecule has 3 aliphatic rings. The molecular formula is C20H34N2O6. The maximum atomic E-state index is 13.2. The number of aliphatic hydroxyl groups excluding tert-OH is 1. The van der Waals surface area contributed by atoms with Crippen molar-refractivity contribution in [1.29, 1.82) is 0 Å². The van der Waals surface area contributed by atoms with Crippen molar-refractivity contribution in [3.8, 4) is 0 Å². The number of carbonyl (C=O) groups is 2. The van der Waals surface area contributed by atoms with Crippen molar-refractivity contribution in [3.05, 3.63) is 0 Å². The lowest BCUT2D eigenvalue weighted by Crippen LogP contribution is -2.58. The number of nitrogens with one attached hydrogen (secondary N) is 1. The lowest BCUT2D eigenvalue weighted by molar-refractivity contribution is -0.173. The molecule has 0 aromatic rings. The Morgan fingerprint density at radius 3 is 2.64 bits per heavy atom. The van der Waals surface area contributed by atoms with Crippen LogP contribution in [0.4, 0.5) is 0 Å². The summed E-state index contributed by atoms with van der Waals surface area (Å²) in [7, 11) is 0. The average Bonchev–Trinajstić information content (AvgIpc) is 2.70. The molecule has 3 rings (SSSR count). The molecule has 8 heteroatoms. The van der Waals surface area contributed by atoms with Crippen LogP contribution in [0.2, 0.25) is 0 Å². The molecule has 0 unspecified atom stereocenters. The van der Waals surface area contributed by atoms with Gasteiger partial charge in [-0.3, -0.25) is 9.59 Å². The molecule has 0 bridgehead atoms. The minimum absolute atomic E-state index is 0.00243. The van der Waals surface area contributed by atoms with E-state index in [0.29, 0.717) is 39.2 Å². The summed E-state index contributed by atoms with van der Waals surface area (Å²) in [6.07, 6.45) is 3.03. The maximum Gasteiger partial charge on any atom is 0.226 e. The second-order valence-corrected chi connectivity index (χ2v) is 8.06. The molecule has 2 amide bonds. The molecule has 3 heterocycles. The van der Waals surface area contributed by atoms with Crippen molar-refractivity contribution < 1.29 is 28.9 Å². The molecule has 3 fully saturated rings. The summed E-state index contributed by atoms with van der Waals surface area (Å²) in [6.45, 7) is 4.68. The fourth-order valence-electron chi connectivity index (χ4n) is 4.32. The first-order chi connectivity index (χ1) is 13.6. The van der Waals surface area contributed by atoms with Gasteiger partial charge in [0, 0.05) is 32.2 Å². The zero-order chi connectivity index (χ0) is 19.9. The van der Waals surface area contributed by atoms with Crippen LogP contribution in [0.25, 0.3) is 0 Å². The molecule has 3 saturated heterocycles. The molecule has 0 saturated carbocycles. The highest BCUT2D eigenvalue weighted by atomic mass is 16.5. The van der Waals surface area contributed by atoms with Crippen LogP contribution in [-0.4, -0.2) is 85.7 Å². The number of aliphatic hydroxyl groups is 1. The summed E-state index contributed by atoms with van der Waals surface area (Å²) < 4.78 is 17.2. The fraction of sp³-hybridized carbons (Fsp3) is 0.900. The Balaban J connectivity index is 1.64. The Morgan fingerprint density at radius 1 is 1.11 bits per heavy atom. The summed E-state index contributed by atoms with van der Waals surface area (Å²) in [5.41, 5.74) is 0. The van der Waals surface area contributed by atoms with E-state index in [1.54, 1.807) is 0 Å². The Bertz CT molecular complexity index is 525. The lowest BCUT2D eigenvalue weighted by Gasteiger charge is -2.45. The number of hydrogen-bond acceptors (Lipinski definition) is 6. The van der Waals surface area contributed by atoms with Gasteiger partial charge in [-0.2, -0.15) is 0 Å². The van der Waals surface area contributed by atoms with Gasteiger partial charge in [0.25, 0.3) is 0 Å². The minimum Gasteiger partial charge on any atom is -0.389 e. The van der Waals surface area contributed by atoms with Crippen LogP contribution in [0, 0.1) is 5.92 Å². The number of nitrogens with zero attached hydrogens (tertiary/aromatic N) is 1. The Labute approximate surface area is 166 Å². The van der Waals surface area contributed by atoms with E-state index in [4.69, 9.17) is 14.2 Å². The number of fused-ring (bicyclic) bond motifs is 1. The van der Waals surface area contributed by atoms with Gasteiger partial charge in [0.15, 0.2) is 0 Å². The van der Waals surface area contributed by atoms with Crippen LogP contribution in [0.5, 0.6) is 0 Å². The van der Waals surface area contributed by atoms with Crippen molar-refractivity contribution in [3.63, 3.8) is 0 Å². The normalized spacial score (nSPS) is 32.1. The summed E-state index contributed by atoms with van der Waals surface area (Å²) in [4.78, 5) is 27.1. The first kappa shape index (κ1) is 21.5. The predicted octanol–water partition coefficient (Wildman–Crippen LogP) is 0.465. The minimum atomic E-state index is -0.692. The standard InChI is InChI=1S/C20H34N2O6/c1-2-7-21-19(24)10-16-3-4-17-18(28-16)13-27-12-15(23)11-22(17)20(25)14-5-8-26-9-6-14/h14-18,23H,2-13H2,1H3,(H,21,24)/t15-,16-,17-,18+/m1/s1. The van der Waals surface area contributed by atoms with Gasteiger partial charge in [0.2, 0.25) is 11.8 Å². The Morgan fingerprint density at radius 2 is 1.89 bits per heavy atom. The van der Waals surface area contributed by atoms with Crippen molar-refractivity contribution in [2.75, 3.05) is 39.5 Å². The van der Waals surface area contributed by atoms with Gasteiger partial charge in [-0.25, -0.2) is 0 Å². The molecule has 0 aromatic carbocycles. The molecule has 2 N–H and O–H groups in total. The quantitative estimate of drug-likeness (QED) is 0.699. The van der Waals surface area contributed by atoms with E-state index in [2.05, 4.69) is 5.32 Å². The highest BCUT2D eigenvalue weighted by molar-refractivity contribution is 5.79. The predicted molar refractivity (Wildman–Crippen MR) is 102 cm³/mol. The fourth-order valence-corrected chi connectivity index (χ4v) is 4.32. The van der Waals surface area contributed by atoms with Crippen molar-refractivity contribution in [2.24, 2.45) is 5.92 Å². The summed E-state index contributed by atoms with van der Waals surface area (Å²) in [5.74, 6) is 0.0316. The third-order valence-electron chi connectivity index (χ3n) is 5.82. The van der Waals surface area contributed by atoms with Gasteiger partial charge in [-0.15, -0.1) is 0 Å². The summed E-state index contributed by atoms with van der Waals surface area (Å²) in [5, 5.41) is 13.1. The van der Waals surface area contributed by atoms with E-state index < -0.39 is 6.10 Å². The molecule has 160 valence electrons. The van der Waals surface area contributed by atoms with Gasteiger partial charge < -0.3 is 29.5 Å². The topological polar surface area (TPSA) is 97.3 Å². The van der Waals surface area contributed by atoms with Crippen LogP contribution in [-0.2, 0) is 23.8 Å². The molecule has 28 heavy (non-hydrogen) atoms. The highest BCUT2D eigenvalue weighted by Crippen LogP contribution is 2.30. The molecule has 0 aromatic heterocycles. The van der Waals surface area contributed by atoms with Crippen molar-refractivity contribution in [1.82, 2.24) is 10.2 Å². The first-order valence-electron chi connectivity index (χ1n) is 10.6. The molecule has 0 aliphatic carbocycles. The monoisotopic (exact) mass is 398 g/mol. The zero-order valence-electron chi connectivity index (χ0n) is 16.8. The molecule has 4 atom stereocenters. The van der Waals surface area contributed by atoms with Crippen molar-refractivity contribution in [2.45, 2.75) is 69.8 Å². The van der Waals surface area contributed by atoms with Gasteiger partial charge >= 0.3 is 0 Å². The largest absolute Gasteiger partial charge is 0.389 e. The zero-order valence-corrected chi connectivity index (χ0v) is 16.8. The van der Waals surface area contributed by atoms with Crippen LogP contribution >= 0.6 is 0 Å². The van der Waals surface area contributed by atoms with Gasteiger partial charge in [-0.1, -0.05) is 6.92 Å². The van der Waals surface area contributed by atoms with Crippen LogP contribution in [0.15, 0.2) is 0 Å². The van der Waals surface area contributed by atoms with E-state index in [1.807, 2.05) is 11.8 Å². The lowest BCUT2D eigenvalue weighted by atomic mass is 9.91. The van der Waals surface area contributed by atoms with Gasteiger partial charge in [-0.05, 0) is 32.1 Å². The van der Waals surface area contributed by atoms with E-state index in [1.165, 1.54) is 0 Å². The van der Waals surface area contributed by atoms with Gasteiger partial charge in [0.05, 0.1) is 37.9 Å². The van der Waals surface area contributed by atoms with E-state index in [0.717, 1.165) is 25.7 Å². The second kappa shape index (κ2) is 10.5. The molecule has 8 nitrogen and oxygen atoms in total. The summed E-state index contributed by atoms with van der Waals surface area (Å²) in [6, 6.07) is -0.125. The molecule has 3 aliphatic heterocycles. The van der Waals surface area contributed by atoms with E-state index in [9.17, 15) is 14.7 Å². The second-order valence-electron chi connectivity index (χ2n) is 8.06. The van der Waals surface area contributed by atoms with Crippen LogP contribution < -0.4 is 5.32 Å². The Kier molecular flexibility index (Phi) is 8.08. The molecule has 0 radical (unpaired) electrons. The third kappa shape index (κ3) is 5.65. The average molecular weight is 399 g/mol. The van der Waals surface area contributed by atoms with Gasteiger partial charge in [0.1, 0.15) is 6.10 Å². The maximum absolute atomic E-state index is 13.2. The van der Waals surface area contributed by atoms with E-state index >= 15 is 0 Å². The highest BCUT2D eigenvalue weighted by Gasteiger charge is 2.41. The van der Waals surface area contributed by atoms with Crippen molar-refractivity contribution >= 4 is 11.8 Å². The SMILES string of the molecule is CCCNC(=O)C[C@H]1CC[C@@H]2[C@H](COC[C@H](O)CN2C(=O)C2CCOCC2)O1. The smallest absolute Gasteiger partial charge is 0.226 e. The number of β-amino-alcohol motifs (C(OH)–C–C–N with tert-alkyl or cyclic N) is 1. The van der Waals surface area contributed by atoms with Crippen LogP contribution in [0.1, 0.15) is 45.4 Å². The number of hydrogen-bond donors (Lipinski definition) is 2. The Hall–Kier alpha value is -1.22. The number of carbonyl (C=O) groups excluding carboxylic acids is 2. The number of ether oxygens (including phenoxy) is 3.